The highest BCUT2D eigenvalue weighted by Crippen LogP contribution is 2.45. The second-order valence-corrected chi connectivity index (χ2v) is 8.51. The summed E-state index contributed by atoms with van der Waals surface area (Å²) in [5.41, 5.74) is 2.15. The lowest BCUT2D eigenvalue weighted by atomic mass is 9.67. The van der Waals surface area contributed by atoms with Gasteiger partial charge >= 0.3 is 0 Å². The summed E-state index contributed by atoms with van der Waals surface area (Å²) in [5.74, 6) is 1.74. The maximum Gasteiger partial charge on any atom is 0.250 e. The van der Waals surface area contributed by atoms with Gasteiger partial charge in [-0.15, -0.1) is 0 Å². The number of amides is 1. The molecule has 0 aromatic carbocycles. The molecule has 0 radical (unpaired) electrons. The average molecular weight is 339 g/mol. The van der Waals surface area contributed by atoms with Crippen molar-refractivity contribution in [2.75, 3.05) is 19.6 Å². The number of aromatic nitrogens is 1. The number of hydrogen-bond donors (Lipinski definition) is 0. The van der Waals surface area contributed by atoms with E-state index in [0.29, 0.717) is 23.8 Å². The molecule has 1 aromatic rings. The van der Waals surface area contributed by atoms with Gasteiger partial charge in [0.25, 0.3) is 0 Å². The molecule has 4 saturated heterocycles. The summed E-state index contributed by atoms with van der Waals surface area (Å²) < 4.78 is 2.10. The van der Waals surface area contributed by atoms with Crippen LogP contribution in [0.1, 0.15) is 44.2 Å². The summed E-state index contributed by atoms with van der Waals surface area (Å²) in [7, 11) is 2.05. The number of aryl methyl sites for hydroxylation is 1. The van der Waals surface area contributed by atoms with Crippen LogP contribution in [0.15, 0.2) is 23.9 Å². The van der Waals surface area contributed by atoms with Crippen LogP contribution in [0.4, 0.5) is 0 Å². The number of carbonyl (C=O) groups excluding carboxylic acids is 1. The van der Waals surface area contributed by atoms with Crippen LogP contribution in [-0.2, 0) is 11.8 Å². The minimum Gasteiger partial charge on any atom is -0.351 e. The third-order valence-corrected chi connectivity index (χ3v) is 7.22. The van der Waals surface area contributed by atoms with Crippen LogP contribution in [-0.4, -0.2) is 52.0 Å². The first kappa shape index (κ1) is 15.7. The number of hydrogen-bond acceptors (Lipinski definition) is 2. The van der Waals surface area contributed by atoms with Crippen molar-refractivity contribution in [2.45, 2.75) is 50.6 Å². The van der Waals surface area contributed by atoms with Gasteiger partial charge in [-0.05, 0) is 81.7 Å². The highest BCUT2D eigenvalue weighted by molar-refractivity contribution is 5.98. The van der Waals surface area contributed by atoms with E-state index in [1.54, 1.807) is 0 Å². The van der Waals surface area contributed by atoms with Crippen LogP contribution in [0.3, 0.4) is 0 Å². The molecular formula is C21H29N3O. The van der Waals surface area contributed by atoms with E-state index in [4.69, 9.17) is 0 Å². The van der Waals surface area contributed by atoms with Crippen molar-refractivity contribution in [1.29, 1.82) is 0 Å². The molecule has 4 atom stereocenters. The van der Waals surface area contributed by atoms with E-state index in [2.05, 4.69) is 26.5 Å². The Morgan fingerprint density at radius 3 is 2.80 bits per heavy atom. The predicted molar refractivity (Wildman–Crippen MR) is 98.9 cm³/mol. The zero-order valence-corrected chi connectivity index (χ0v) is 15.2. The van der Waals surface area contributed by atoms with Crippen molar-refractivity contribution < 1.29 is 4.79 Å². The minimum atomic E-state index is 0.318. The van der Waals surface area contributed by atoms with Gasteiger partial charge in [0.15, 0.2) is 0 Å². The summed E-state index contributed by atoms with van der Waals surface area (Å²) in [6.45, 7) is 3.57. The first-order valence-corrected chi connectivity index (χ1v) is 10.1. The third kappa shape index (κ3) is 2.49. The second kappa shape index (κ2) is 6.01. The molecule has 1 amide bonds. The number of nitrogens with zero attached hydrogens (tertiary/aromatic N) is 3. The third-order valence-electron chi connectivity index (χ3n) is 7.22. The molecule has 4 heteroatoms. The first-order valence-electron chi connectivity index (χ1n) is 10.1. The van der Waals surface area contributed by atoms with E-state index in [1.807, 2.05) is 19.3 Å². The van der Waals surface area contributed by atoms with Crippen LogP contribution in [0.25, 0.3) is 6.08 Å². The Balaban J connectivity index is 1.43. The molecule has 1 aromatic heterocycles. The Bertz CT molecular complexity index is 704. The Morgan fingerprint density at radius 1 is 1.16 bits per heavy atom. The predicted octanol–water partition coefficient (Wildman–Crippen LogP) is 2.90. The van der Waals surface area contributed by atoms with Crippen molar-refractivity contribution in [3.63, 3.8) is 0 Å². The van der Waals surface area contributed by atoms with Gasteiger partial charge in [0.2, 0.25) is 5.91 Å². The van der Waals surface area contributed by atoms with E-state index in [0.717, 1.165) is 36.7 Å². The summed E-state index contributed by atoms with van der Waals surface area (Å²) in [4.78, 5) is 18.3. The Hall–Kier alpha value is -1.55. The number of piperidine rings is 4. The normalized spacial score (nSPS) is 37.1. The lowest BCUT2D eigenvalue weighted by Crippen LogP contribution is -2.66. The van der Waals surface area contributed by atoms with Crippen molar-refractivity contribution in [3.05, 3.63) is 29.6 Å². The minimum absolute atomic E-state index is 0.318. The zero-order valence-electron chi connectivity index (χ0n) is 15.2. The smallest absolute Gasteiger partial charge is 0.250 e. The van der Waals surface area contributed by atoms with Gasteiger partial charge in [-0.3, -0.25) is 9.69 Å². The molecule has 5 rings (SSSR count). The van der Waals surface area contributed by atoms with E-state index in [-0.39, 0.29) is 0 Å². The van der Waals surface area contributed by atoms with Crippen molar-refractivity contribution in [3.8, 4) is 0 Å². The maximum absolute atomic E-state index is 13.3. The topological polar surface area (TPSA) is 28.5 Å². The number of rotatable bonds is 1. The molecule has 4 aliphatic rings. The molecule has 0 bridgehead atoms. The Morgan fingerprint density at radius 2 is 2.00 bits per heavy atom. The van der Waals surface area contributed by atoms with E-state index in [9.17, 15) is 4.79 Å². The van der Waals surface area contributed by atoms with Crippen molar-refractivity contribution >= 4 is 12.0 Å². The summed E-state index contributed by atoms with van der Waals surface area (Å²) in [6.07, 6.45) is 11.5. The quantitative estimate of drug-likeness (QED) is 0.736. The molecule has 0 N–H and O–H groups in total. The van der Waals surface area contributed by atoms with E-state index < -0.39 is 0 Å². The lowest BCUT2D eigenvalue weighted by Gasteiger charge is -2.58. The number of fused-ring (bicyclic) bond motifs is 2. The maximum atomic E-state index is 13.3. The molecule has 4 nitrogen and oxygen atoms in total. The Kier molecular flexibility index (Phi) is 3.77. The fourth-order valence-corrected chi connectivity index (χ4v) is 6.13. The Labute approximate surface area is 150 Å². The van der Waals surface area contributed by atoms with Crippen LogP contribution in [0, 0.1) is 11.8 Å². The van der Waals surface area contributed by atoms with Crippen LogP contribution < -0.4 is 0 Å². The first-order chi connectivity index (χ1) is 12.2. The fourth-order valence-electron chi connectivity index (χ4n) is 6.13. The molecule has 4 aliphatic heterocycles. The van der Waals surface area contributed by atoms with Crippen molar-refractivity contribution in [1.82, 2.24) is 14.4 Å². The van der Waals surface area contributed by atoms with E-state index >= 15 is 0 Å². The second-order valence-electron chi connectivity index (χ2n) is 8.51. The molecule has 0 saturated carbocycles. The van der Waals surface area contributed by atoms with Crippen molar-refractivity contribution in [2.24, 2.45) is 18.9 Å². The molecule has 0 aliphatic carbocycles. The van der Waals surface area contributed by atoms with Gasteiger partial charge in [-0.2, -0.15) is 0 Å². The van der Waals surface area contributed by atoms with Crippen LogP contribution in [0.5, 0.6) is 0 Å². The molecule has 5 heterocycles. The SMILES string of the molecule is Cn1cccc1/C=C1\CC[C@@H]2[C@H]3CCCN4CCC[C@@H](CN2C1=O)[C@@H]34. The molecule has 134 valence electrons. The monoisotopic (exact) mass is 339 g/mol. The highest BCUT2D eigenvalue weighted by atomic mass is 16.2. The summed E-state index contributed by atoms with van der Waals surface area (Å²) >= 11 is 0. The molecule has 0 unspecified atom stereocenters. The van der Waals surface area contributed by atoms with Gasteiger partial charge in [-0.1, -0.05) is 0 Å². The van der Waals surface area contributed by atoms with Gasteiger partial charge < -0.3 is 9.47 Å². The highest BCUT2D eigenvalue weighted by Gasteiger charge is 2.51. The summed E-state index contributed by atoms with van der Waals surface area (Å²) in [6, 6.07) is 5.39. The number of carbonyl (C=O) groups is 1. The van der Waals surface area contributed by atoms with Gasteiger partial charge in [-0.25, -0.2) is 0 Å². The van der Waals surface area contributed by atoms with Crippen LogP contribution >= 0.6 is 0 Å². The zero-order chi connectivity index (χ0) is 17.0. The standard InChI is InChI=1S/C21H29N3O/c1-22-10-3-6-17(22)13-15-8-9-19-18-7-4-12-23-11-2-5-16(20(18)23)14-24(19)21(15)25/h3,6,10,13,16,18-20H,2,4-5,7-9,11-12,14H2,1H3/b15-13+/t16-,18+,19+,20-/m0/s1. The molecular weight excluding hydrogens is 310 g/mol. The molecule has 25 heavy (non-hydrogen) atoms. The van der Waals surface area contributed by atoms with Crippen LogP contribution in [0.2, 0.25) is 0 Å². The van der Waals surface area contributed by atoms with E-state index in [1.165, 1.54) is 38.8 Å². The summed E-state index contributed by atoms with van der Waals surface area (Å²) in [5, 5.41) is 0. The van der Waals surface area contributed by atoms with Gasteiger partial charge in [0.1, 0.15) is 0 Å². The average Bonchev–Trinajstić information content (AvgIpc) is 3.03. The molecule has 0 spiro atoms. The largest absolute Gasteiger partial charge is 0.351 e. The molecule has 4 fully saturated rings. The van der Waals surface area contributed by atoms with Gasteiger partial charge in [0.05, 0.1) is 0 Å². The lowest BCUT2D eigenvalue weighted by molar-refractivity contribution is -0.145. The van der Waals surface area contributed by atoms with Gasteiger partial charge in [0, 0.05) is 43.1 Å². The fraction of sp³-hybridized carbons (Fsp3) is 0.667.